The van der Waals surface area contributed by atoms with Gasteiger partial charge in [0, 0.05) is 17.8 Å². The molecule has 0 bridgehead atoms. The number of hydrogen-bond acceptors (Lipinski definition) is 10. The van der Waals surface area contributed by atoms with E-state index in [1.807, 2.05) is 0 Å². The van der Waals surface area contributed by atoms with Crippen LogP contribution in [0, 0.1) is 0 Å². The Kier molecular flexibility index (Phi) is 6.51. The van der Waals surface area contributed by atoms with Gasteiger partial charge in [-0.1, -0.05) is 6.92 Å². The molecule has 3 heterocycles. The van der Waals surface area contributed by atoms with Crippen molar-refractivity contribution in [2.24, 2.45) is 5.11 Å². The van der Waals surface area contributed by atoms with Crippen molar-refractivity contribution in [3.05, 3.63) is 16.8 Å². The molecule has 14 nitrogen and oxygen atoms in total. The Balaban J connectivity index is 1.85. The second-order valence-electron chi connectivity index (χ2n) is 8.48. The van der Waals surface area contributed by atoms with E-state index in [9.17, 15) is 19.7 Å². The number of imidazole rings is 1. The number of nitrogen functional groups attached to an aromatic ring is 1. The number of ether oxygens (including phenoxy) is 1. The SMILES string of the molecule is CCC(C)(O)P(=O)(O)OC(C)(C)CC1O[C@@H](n2c(N=[N+]=[N-])nc3c(N)ncnc32)C[C@@H]1O. The number of fused-ring (bicyclic) bond motifs is 1. The molecule has 3 unspecified atom stereocenters. The van der Waals surface area contributed by atoms with Crippen LogP contribution in [0.4, 0.5) is 11.8 Å². The second kappa shape index (κ2) is 8.56. The Bertz CT molecular complexity index is 1100. The van der Waals surface area contributed by atoms with Crippen molar-refractivity contribution < 1.29 is 28.9 Å². The lowest BCUT2D eigenvalue weighted by atomic mass is 9.98. The number of aliphatic hydroxyl groups excluding tert-OH is 1. The van der Waals surface area contributed by atoms with Gasteiger partial charge in [-0.2, -0.15) is 0 Å². The summed E-state index contributed by atoms with van der Waals surface area (Å²) in [5, 5.41) is 22.5. The van der Waals surface area contributed by atoms with E-state index in [1.54, 1.807) is 20.8 Å². The molecule has 0 aromatic carbocycles. The van der Waals surface area contributed by atoms with E-state index in [1.165, 1.54) is 17.8 Å². The first kappa shape index (κ1) is 24.3. The first-order valence-corrected chi connectivity index (χ1v) is 11.5. The van der Waals surface area contributed by atoms with Gasteiger partial charge in [-0.05, 0) is 37.8 Å². The molecule has 176 valence electrons. The van der Waals surface area contributed by atoms with E-state index < -0.39 is 37.0 Å². The summed E-state index contributed by atoms with van der Waals surface area (Å²) in [6.45, 7) is 5.93. The highest BCUT2D eigenvalue weighted by molar-refractivity contribution is 7.54. The summed E-state index contributed by atoms with van der Waals surface area (Å²) in [6, 6.07) is 0. The van der Waals surface area contributed by atoms with E-state index in [0.29, 0.717) is 0 Å². The third-order valence-corrected chi connectivity index (χ3v) is 7.73. The molecule has 0 radical (unpaired) electrons. The predicted octanol–water partition coefficient (Wildman–Crippen LogP) is 2.49. The second-order valence-corrected chi connectivity index (χ2v) is 10.7. The molecule has 2 aromatic rings. The Morgan fingerprint density at radius 3 is 2.78 bits per heavy atom. The average Bonchev–Trinajstić information content (AvgIpc) is 3.21. The van der Waals surface area contributed by atoms with Gasteiger partial charge in [0.05, 0.1) is 17.8 Å². The van der Waals surface area contributed by atoms with Crippen LogP contribution in [0.5, 0.6) is 0 Å². The van der Waals surface area contributed by atoms with E-state index in [0.717, 1.165) is 0 Å². The number of rotatable bonds is 8. The third-order valence-electron chi connectivity index (χ3n) is 5.46. The number of anilines is 1. The molecular weight excluding hydrogens is 443 g/mol. The van der Waals surface area contributed by atoms with Crippen LogP contribution < -0.4 is 5.73 Å². The Hall–Kier alpha value is -2.31. The molecule has 5 atom stereocenters. The van der Waals surface area contributed by atoms with Gasteiger partial charge in [0.15, 0.2) is 22.3 Å². The van der Waals surface area contributed by atoms with Crippen molar-refractivity contribution in [3.63, 3.8) is 0 Å². The molecule has 5 N–H and O–H groups in total. The zero-order chi connectivity index (χ0) is 23.9. The highest BCUT2D eigenvalue weighted by Gasteiger charge is 2.47. The van der Waals surface area contributed by atoms with E-state index in [-0.39, 0.29) is 42.2 Å². The third kappa shape index (κ3) is 4.57. The Morgan fingerprint density at radius 2 is 2.16 bits per heavy atom. The Morgan fingerprint density at radius 1 is 1.47 bits per heavy atom. The van der Waals surface area contributed by atoms with Crippen molar-refractivity contribution in [2.75, 3.05) is 5.73 Å². The minimum atomic E-state index is -4.39. The molecule has 1 aliphatic heterocycles. The van der Waals surface area contributed by atoms with Crippen LogP contribution in [0.15, 0.2) is 11.4 Å². The lowest BCUT2D eigenvalue weighted by Crippen LogP contribution is -2.36. The maximum Gasteiger partial charge on any atom is 0.359 e. The summed E-state index contributed by atoms with van der Waals surface area (Å²) in [5.41, 5.74) is 14.0. The number of nitrogens with two attached hydrogens (primary N) is 1. The fourth-order valence-electron chi connectivity index (χ4n) is 3.50. The van der Waals surface area contributed by atoms with Crippen LogP contribution in [-0.2, 0) is 13.8 Å². The van der Waals surface area contributed by atoms with Crippen LogP contribution >= 0.6 is 7.60 Å². The zero-order valence-electron chi connectivity index (χ0n) is 18.2. The van der Waals surface area contributed by atoms with Crippen LogP contribution in [0.3, 0.4) is 0 Å². The molecule has 0 saturated carbocycles. The highest BCUT2D eigenvalue weighted by atomic mass is 31.2. The van der Waals surface area contributed by atoms with Crippen molar-refractivity contribution in [3.8, 4) is 0 Å². The Labute approximate surface area is 183 Å². The van der Waals surface area contributed by atoms with Crippen molar-refractivity contribution in [1.29, 1.82) is 0 Å². The molecule has 2 aromatic heterocycles. The molecule has 0 spiro atoms. The molecule has 1 aliphatic rings. The average molecular weight is 470 g/mol. The smallest absolute Gasteiger partial charge is 0.359 e. The van der Waals surface area contributed by atoms with Crippen molar-refractivity contribution >= 4 is 30.5 Å². The summed E-state index contributed by atoms with van der Waals surface area (Å²) in [7, 11) is -4.39. The van der Waals surface area contributed by atoms with Gasteiger partial charge in [-0.25, -0.2) is 15.0 Å². The minimum absolute atomic E-state index is 0.0162. The van der Waals surface area contributed by atoms with Gasteiger partial charge in [-0.3, -0.25) is 9.13 Å². The van der Waals surface area contributed by atoms with Crippen LogP contribution in [0.2, 0.25) is 0 Å². The highest BCUT2D eigenvalue weighted by Crippen LogP contribution is 2.58. The molecule has 1 saturated heterocycles. The number of nitrogens with zero attached hydrogens (tertiary/aromatic N) is 7. The molecule has 0 amide bonds. The van der Waals surface area contributed by atoms with Crippen molar-refractivity contribution in [2.45, 2.75) is 76.3 Å². The van der Waals surface area contributed by atoms with Crippen LogP contribution in [-0.4, -0.2) is 57.8 Å². The summed E-state index contributed by atoms with van der Waals surface area (Å²) >= 11 is 0. The minimum Gasteiger partial charge on any atom is -0.390 e. The van der Waals surface area contributed by atoms with E-state index in [2.05, 4.69) is 25.0 Å². The molecule has 15 heteroatoms. The fraction of sp³-hybridized carbons (Fsp3) is 0.706. The van der Waals surface area contributed by atoms with Crippen LogP contribution in [0.25, 0.3) is 21.6 Å². The molecule has 32 heavy (non-hydrogen) atoms. The predicted molar refractivity (Wildman–Crippen MR) is 114 cm³/mol. The summed E-state index contributed by atoms with van der Waals surface area (Å²) in [4.78, 5) is 25.2. The lowest BCUT2D eigenvalue weighted by Gasteiger charge is -2.35. The molecular formula is C17H27N8O6P. The van der Waals surface area contributed by atoms with E-state index in [4.69, 9.17) is 20.5 Å². The number of aromatic nitrogens is 4. The summed E-state index contributed by atoms with van der Waals surface area (Å²) in [6.07, 6.45) is -1.18. The van der Waals surface area contributed by atoms with E-state index >= 15 is 0 Å². The zero-order valence-corrected chi connectivity index (χ0v) is 19.0. The first-order chi connectivity index (χ1) is 14.8. The number of azide groups is 1. The van der Waals surface area contributed by atoms with Gasteiger partial charge < -0.3 is 30.1 Å². The molecule has 0 aliphatic carbocycles. The quantitative estimate of drug-likeness (QED) is 0.191. The van der Waals surface area contributed by atoms with Gasteiger partial charge in [-0.15, -0.1) is 0 Å². The fourth-order valence-corrected chi connectivity index (χ4v) is 4.84. The topological polar surface area (TPSA) is 215 Å². The van der Waals surface area contributed by atoms with Gasteiger partial charge >= 0.3 is 7.60 Å². The number of aliphatic hydroxyl groups is 2. The largest absolute Gasteiger partial charge is 0.390 e. The van der Waals surface area contributed by atoms with Crippen LogP contribution in [0.1, 0.15) is 53.2 Å². The standard InChI is InChI=1S/C17H27N8O6P/c1-5-17(4,27)32(28,29)31-16(2,3)7-10-9(26)6-11(30-10)25-14-12(13(18)20-8-21-14)22-15(25)23-24-19/h8-11,26-27H,5-7H2,1-4H3,(H,28,29)(H2,18,20,21)/t9-,10?,11+,17?/m0/s1. The number of hydrogen-bond donors (Lipinski definition) is 4. The molecule has 1 fully saturated rings. The summed E-state index contributed by atoms with van der Waals surface area (Å²) in [5.74, 6) is 0.0383. The lowest BCUT2D eigenvalue weighted by molar-refractivity contribution is -0.0592. The maximum absolute atomic E-state index is 12.6. The maximum atomic E-state index is 12.6. The normalized spacial score (nSPS) is 25.3. The summed E-state index contributed by atoms with van der Waals surface area (Å²) < 4.78 is 25.4. The van der Waals surface area contributed by atoms with Gasteiger partial charge in [0.1, 0.15) is 12.6 Å². The van der Waals surface area contributed by atoms with Gasteiger partial charge in [0.2, 0.25) is 5.95 Å². The first-order valence-electron chi connectivity index (χ1n) is 9.95. The van der Waals surface area contributed by atoms with Gasteiger partial charge in [0.25, 0.3) is 0 Å². The monoisotopic (exact) mass is 470 g/mol. The molecule has 3 rings (SSSR count). The van der Waals surface area contributed by atoms with Crippen molar-refractivity contribution in [1.82, 2.24) is 19.5 Å².